The molecule has 1 aromatic rings. The molecule has 0 spiro atoms. The molecule has 1 rings (SSSR count). The summed E-state index contributed by atoms with van der Waals surface area (Å²) in [6, 6.07) is 7.31. The third-order valence-corrected chi connectivity index (χ3v) is 4.10. The Morgan fingerprint density at radius 2 is 1.94 bits per heavy atom. The lowest BCUT2D eigenvalue weighted by Crippen LogP contribution is -2.28. The molecule has 0 atom stereocenters. The maximum absolute atomic E-state index is 11.7. The molecule has 0 saturated heterocycles. The van der Waals surface area contributed by atoms with E-state index in [1.807, 2.05) is 24.3 Å². The third kappa shape index (κ3) is 3.87. The molecule has 0 N–H and O–H groups in total. The molecule has 5 heteroatoms. The average Bonchev–Trinajstić information content (AvgIpc) is 2.30. The molecule has 0 fully saturated rings. The van der Waals surface area contributed by atoms with E-state index in [1.54, 1.807) is 14.2 Å². The molecule has 0 bridgehead atoms. The van der Waals surface area contributed by atoms with Gasteiger partial charge in [-0.25, -0.2) is 12.7 Å². The highest BCUT2D eigenvalue weighted by Crippen LogP contribution is 2.13. The van der Waals surface area contributed by atoms with Crippen LogP contribution in [0.3, 0.4) is 0 Å². The van der Waals surface area contributed by atoms with Gasteiger partial charge in [0.15, 0.2) is 0 Å². The van der Waals surface area contributed by atoms with E-state index in [1.165, 1.54) is 10.4 Å². The van der Waals surface area contributed by atoms with Crippen LogP contribution in [0.5, 0.6) is 5.75 Å². The summed E-state index contributed by atoms with van der Waals surface area (Å²) in [6.45, 7) is 3.78. The lowest BCUT2D eigenvalue weighted by Gasteiger charge is -2.16. The van der Waals surface area contributed by atoms with Crippen molar-refractivity contribution < 1.29 is 13.2 Å². The van der Waals surface area contributed by atoms with Gasteiger partial charge in [-0.05, 0) is 17.7 Å². The van der Waals surface area contributed by atoms with E-state index in [0.29, 0.717) is 6.54 Å². The number of rotatable bonds is 6. The quantitative estimate of drug-likeness (QED) is 0.726. The summed E-state index contributed by atoms with van der Waals surface area (Å²) in [7, 11) is -0.0887. The molecule has 17 heavy (non-hydrogen) atoms. The van der Waals surface area contributed by atoms with Gasteiger partial charge in [0.1, 0.15) is 5.75 Å². The van der Waals surface area contributed by atoms with Gasteiger partial charge in [0, 0.05) is 13.6 Å². The van der Waals surface area contributed by atoms with Crippen molar-refractivity contribution in [3.8, 4) is 5.75 Å². The minimum absolute atomic E-state index is 0.0420. The zero-order valence-electron chi connectivity index (χ0n) is 10.1. The zero-order chi connectivity index (χ0) is 12.9. The molecule has 4 nitrogen and oxygen atoms in total. The summed E-state index contributed by atoms with van der Waals surface area (Å²) in [5.41, 5.74) is 0.918. The fourth-order valence-electron chi connectivity index (χ4n) is 1.36. The smallest absolute Gasteiger partial charge is 0.217 e. The largest absolute Gasteiger partial charge is 0.497 e. The van der Waals surface area contributed by atoms with Crippen LogP contribution in [0.1, 0.15) is 5.56 Å². The highest BCUT2D eigenvalue weighted by molar-refractivity contribution is 7.89. The standard InChI is InChI=1S/C12H17NO3S/c1-4-9-17(14,15)13(2)10-11-5-7-12(16-3)8-6-11/h4-8H,1,9-10H2,2-3H3. The van der Waals surface area contributed by atoms with Crippen molar-refractivity contribution >= 4 is 10.0 Å². The van der Waals surface area contributed by atoms with Crippen LogP contribution < -0.4 is 4.74 Å². The lowest BCUT2D eigenvalue weighted by molar-refractivity contribution is 0.414. The lowest BCUT2D eigenvalue weighted by atomic mass is 10.2. The van der Waals surface area contributed by atoms with Gasteiger partial charge < -0.3 is 4.74 Å². The predicted molar refractivity (Wildman–Crippen MR) is 68.4 cm³/mol. The molecular weight excluding hydrogens is 238 g/mol. The Labute approximate surface area is 103 Å². The molecule has 1 aromatic carbocycles. The maximum atomic E-state index is 11.7. The molecule has 0 aliphatic rings. The van der Waals surface area contributed by atoms with Gasteiger partial charge in [0.2, 0.25) is 10.0 Å². The predicted octanol–water partition coefficient (Wildman–Crippen LogP) is 1.64. The van der Waals surface area contributed by atoms with Crippen LogP contribution in [0.4, 0.5) is 0 Å². The van der Waals surface area contributed by atoms with Crippen LogP contribution in [-0.2, 0) is 16.6 Å². The van der Waals surface area contributed by atoms with Crippen molar-refractivity contribution in [2.75, 3.05) is 19.9 Å². The van der Waals surface area contributed by atoms with Gasteiger partial charge in [-0.15, -0.1) is 6.58 Å². The van der Waals surface area contributed by atoms with Crippen LogP contribution >= 0.6 is 0 Å². The first kappa shape index (κ1) is 13.7. The van der Waals surface area contributed by atoms with Crippen molar-refractivity contribution in [2.45, 2.75) is 6.54 Å². The highest BCUT2D eigenvalue weighted by atomic mass is 32.2. The maximum Gasteiger partial charge on any atom is 0.217 e. The topological polar surface area (TPSA) is 46.6 Å². The van der Waals surface area contributed by atoms with E-state index < -0.39 is 10.0 Å². The summed E-state index contributed by atoms with van der Waals surface area (Å²) < 4.78 is 29.7. The summed E-state index contributed by atoms with van der Waals surface area (Å²) >= 11 is 0. The molecule has 94 valence electrons. The molecule has 0 amide bonds. The van der Waals surface area contributed by atoms with Crippen LogP contribution in [-0.4, -0.2) is 32.6 Å². The van der Waals surface area contributed by atoms with E-state index >= 15 is 0 Å². The van der Waals surface area contributed by atoms with Gasteiger partial charge in [0.05, 0.1) is 12.9 Å². The van der Waals surface area contributed by atoms with Crippen molar-refractivity contribution in [3.05, 3.63) is 42.5 Å². The summed E-state index contributed by atoms with van der Waals surface area (Å²) in [6.07, 6.45) is 1.39. The summed E-state index contributed by atoms with van der Waals surface area (Å²) in [4.78, 5) is 0. The van der Waals surface area contributed by atoms with E-state index in [-0.39, 0.29) is 5.75 Å². The van der Waals surface area contributed by atoms with Crippen LogP contribution in [0.15, 0.2) is 36.9 Å². The Morgan fingerprint density at radius 1 is 1.35 bits per heavy atom. The monoisotopic (exact) mass is 255 g/mol. The van der Waals surface area contributed by atoms with Crippen LogP contribution in [0.2, 0.25) is 0 Å². The Kier molecular flexibility index (Phi) is 4.72. The first-order valence-corrected chi connectivity index (χ1v) is 6.78. The molecule has 0 heterocycles. The Hall–Kier alpha value is -1.33. The van der Waals surface area contributed by atoms with E-state index in [2.05, 4.69) is 6.58 Å². The summed E-state index contributed by atoms with van der Waals surface area (Å²) in [5.74, 6) is 0.713. The van der Waals surface area contributed by atoms with Crippen molar-refractivity contribution in [1.82, 2.24) is 4.31 Å². The number of hydrogen-bond donors (Lipinski definition) is 0. The average molecular weight is 255 g/mol. The van der Waals surface area contributed by atoms with Crippen molar-refractivity contribution in [1.29, 1.82) is 0 Å². The molecule has 0 saturated carbocycles. The van der Waals surface area contributed by atoms with Gasteiger partial charge in [-0.3, -0.25) is 0 Å². The number of hydrogen-bond acceptors (Lipinski definition) is 3. The normalized spacial score (nSPS) is 11.5. The summed E-state index contributed by atoms with van der Waals surface area (Å²) in [5, 5.41) is 0. The molecule has 0 aliphatic carbocycles. The number of benzene rings is 1. The fraction of sp³-hybridized carbons (Fsp3) is 0.333. The SMILES string of the molecule is C=CCS(=O)(=O)N(C)Cc1ccc(OC)cc1. The second kappa shape index (κ2) is 5.84. The third-order valence-electron chi connectivity index (χ3n) is 2.37. The van der Waals surface area contributed by atoms with Crippen molar-refractivity contribution in [2.24, 2.45) is 0 Å². The second-order valence-corrected chi connectivity index (χ2v) is 5.79. The zero-order valence-corrected chi connectivity index (χ0v) is 10.9. The number of methoxy groups -OCH3 is 1. The first-order valence-electron chi connectivity index (χ1n) is 5.17. The van der Waals surface area contributed by atoms with Crippen molar-refractivity contribution in [3.63, 3.8) is 0 Å². The minimum Gasteiger partial charge on any atom is -0.497 e. The molecular formula is C12H17NO3S. The molecule has 0 radical (unpaired) electrons. The Morgan fingerprint density at radius 3 is 2.41 bits per heavy atom. The van der Waals surface area contributed by atoms with Gasteiger partial charge >= 0.3 is 0 Å². The molecule has 0 unspecified atom stereocenters. The van der Waals surface area contributed by atoms with E-state index in [0.717, 1.165) is 11.3 Å². The van der Waals surface area contributed by atoms with E-state index in [9.17, 15) is 8.42 Å². The first-order chi connectivity index (χ1) is 7.99. The Bertz CT molecular complexity index is 465. The number of sulfonamides is 1. The number of nitrogens with zero attached hydrogens (tertiary/aromatic N) is 1. The second-order valence-electron chi connectivity index (χ2n) is 3.67. The van der Waals surface area contributed by atoms with Crippen LogP contribution in [0.25, 0.3) is 0 Å². The molecule has 0 aromatic heterocycles. The minimum atomic E-state index is -3.24. The highest BCUT2D eigenvalue weighted by Gasteiger charge is 2.15. The van der Waals surface area contributed by atoms with Gasteiger partial charge in [-0.1, -0.05) is 18.2 Å². The number of ether oxygens (including phenoxy) is 1. The van der Waals surface area contributed by atoms with E-state index in [4.69, 9.17) is 4.74 Å². The Balaban J connectivity index is 2.73. The molecule has 0 aliphatic heterocycles. The van der Waals surface area contributed by atoms with Crippen LogP contribution in [0, 0.1) is 0 Å². The fourth-order valence-corrected chi connectivity index (χ4v) is 2.26. The van der Waals surface area contributed by atoms with Gasteiger partial charge in [-0.2, -0.15) is 0 Å². The van der Waals surface area contributed by atoms with Gasteiger partial charge in [0.25, 0.3) is 0 Å².